The Morgan fingerprint density at radius 1 is 1.25 bits per heavy atom. The third-order valence-corrected chi connectivity index (χ3v) is 2.94. The normalized spacial score (nSPS) is 14.8. The van der Waals surface area contributed by atoms with Crippen LogP contribution in [0.2, 0.25) is 0 Å². The molecule has 0 amide bonds. The predicted octanol–water partition coefficient (Wildman–Crippen LogP) is 3.01. The fourth-order valence-corrected chi connectivity index (χ4v) is 2.03. The van der Waals surface area contributed by atoms with Crippen LogP contribution in [0.1, 0.15) is 57.5 Å². The van der Waals surface area contributed by atoms with Crippen LogP contribution in [-0.4, -0.2) is 16.0 Å². The van der Waals surface area contributed by atoms with Gasteiger partial charge in [-0.15, -0.1) is 0 Å². The number of aryl methyl sites for hydroxylation is 1. The molecule has 0 saturated heterocycles. The lowest BCUT2D eigenvalue weighted by molar-refractivity contribution is 0.411. The molecule has 2 unspecified atom stereocenters. The van der Waals surface area contributed by atoms with Gasteiger partial charge in [-0.1, -0.05) is 20.3 Å². The van der Waals surface area contributed by atoms with Crippen LogP contribution in [0.5, 0.6) is 0 Å². The van der Waals surface area contributed by atoms with Crippen molar-refractivity contribution < 1.29 is 0 Å². The molecular formula is C13H23N3. The van der Waals surface area contributed by atoms with E-state index < -0.39 is 0 Å². The molecule has 0 radical (unpaired) electrons. The summed E-state index contributed by atoms with van der Waals surface area (Å²) in [6.45, 7) is 8.63. The molecule has 0 saturated carbocycles. The average molecular weight is 221 g/mol. The van der Waals surface area contributed by atoms with Gasteiger partial charge in [0.1, 0.15) is 0 Å². The smallest absolute Gasteiger partial charge is 0.0782 e. The second-order valence-corrected chi connectivity index (χ2v) is 4.31. The van der Waals surface area contributed by atoms with E-state index >= 15 is 0 Å². The summed E-state index contributed by atoms with van der Waals surface area (Å²) in [6, 6.07) is 0.867. The first kappa shape index (κ1) is 13.1. The summed E-state index contributed by atoms with van der Waals surface area (Å²) < 4.78 is 0. The molecule has 0 fully saturated rings. The number of hydrogen-bond acceptors (Lipinski definition) is 3. The van der Waals surface area contributed by atoms with Crippen LogP contribution in [0.3, 0.4) is 0 Å². The summed E-state index contributed by atoms with van der Waals surface area (Å²) >= 11 is 0. The highest BCUT2D eigenvalue weighted by molar-refractivity contribution is 5.12. The number of nitrogens with zero attached hydrogens (tertiary/aromatic N) is 2. The maximum atomic E-state index is 4.40. The van der Waals surface area contributed by atoms with Gasteiger partial charge < -0.3 is 5.32 Å². The molecule has 16 heavy (non-hydrogen) atoms. The second-order valence-electron chi connectivity index (χ2n) is 4.31. The lowest BCUT2D eigenvalue weighted by atomic mass is 10.1. The first-order chi connectivity index (χ1) is 7.69. The zero-order valence-electron chi connectivity index (χ0n) is 10.8. The van der Waals surface area contributed by atoms with Crippen LogP contribution in [0.15, 0.2) is 12.4 Å². The number of nitrogens with one attached hydrogen (secondary N) is 1. The summed E-state index contributed by atoms with van der Waals surface area (Å²) in [7, 11) is 0. The highest BCUT2D eigenvalue weighted by Crippen LogP contribution is 2.14. The third kappa shape index (κ3) is 3.56. The van der Waals surface area contributed by atoms with Crippen molar-refractivity contribution in [2.45, 2.75) is 59.0 Å². The summed E-state index contributed by atoms with van der Waals surface area (Å²) in [5.41, 5.74) is 2.09. The molecule has 0 aliphatic rings. The standard InChI is InChI=1S/C13H23N3/c1-5-7-12(6-2)16-11(4)13-10(3)14-8-9-15-13/h8-9,11-12,16H,5-7H2,1-4H3. The van der Waals surface area contributed by atoms with Gasteiger partial charge in [0.25, 0.3) is 0 Å². The largest absolute Gasteiger partial charge is 0.306 e. The van der Waals surface area contributed by atoms with Crippen molar-refractivity contribution in [2.75, 3.05) is 0 Å². The summed E-state index contributed by atoms with van der Waals surface area (Å²) in [5, 5.41) is 3.62. The zero-order valence-corrected chi connectivity index (χ0v) is 10.8. The van der Waals surface area contributed by atoms with Crippen molar-refractivity contribution in [2.24, 2.45) is 0 Å². The predicted molar refractivity (Wildman–Crippen MR) is 67.3 cm³/mol. The van der Waals surface area contributed by atoms with Crippen LogP contribution in [-0.2, 0) is 0 Å². The van der Waals surface area contributed by atoms with Crippen molar-refractivity contribution in [1.29, 1.82) is 0 Å². The Morgan fingerprint density at radius 2 is 1.94 bits per heavy atom. The maximum Gasteiger partial charge on any atom is 0.0782 e. The van der Waals surface area contributed by atoms with E-state index in [1.54, 1.807) is 12.4 Å². The van der Waals surface area contributed by atoms with E-state index in [9.17, 15) is 0 Å². The highest BCUT2D eigenvalue weighted by Gasteiger charge is 2.14. The number of hydrogen-bond donors (Lipinski definition) is 1. The van der Waals surface area contributed by atoms with E-state index in [1.165, 1.54) is 12.8 Å². The zero-order chi connectivity index (χ0) is 12.0. The molecular weight excluding hydrogens is 198 g/mol. The molecule has 3 nitrogen and oxygen atoms in total. The van der Waals surface area contributed by atoms with E-state index in [0.717, 1.165) is 17.8 Å². The summed E-state index contributed by atoms with van der Waals surface area (Å²) in [6.07, 6.45) is 7.12. The van der Waals surface area contributed by atoms with Gasteiger partial charge >= 0.3 is 0 Å². The van der Waals surface area contributed by atoms with Crippen LogP contribution in [0.4, 0.5) is 0 Å². The van der Waals surface area contributed by atoms with E-state index in [0.29, 0.717) is 6.04 Å². The Kier molecular flexibility index (Phi) is 5.39. The van der Waals surface area contributed by atoms with Crippen LogP contribution in [0.25, 0.3) is 0 Å². The van der Waals surface area contributed by atoms with Gasteiger partial charge in [-0.25, -0.2) is 0 Å². The molecule has 0 bridgehead atoms. The van der Waals surface area contributed by atoms with Crippen molar-refractivity contribution >= 4 is 0 Å². The molecule has 0 aliphatic heterocycles. The molecule has 90 valence electrons. The van der Waals surface area contributed by atoms with Gasteiger partial charge in [-0.2, -0.15) is 0 Å². The molecule has 2 atom stereocenters. The molecule has 1 N–H and O–H groups in total. The highest BCUT2D eigenvalue weighted by atomic mass is 15.0. The summed E-state index contributed by atoms with van der Waals surface area (Å²) in [4.78, 5) is 8.68. The average Bonchev–Trinajstić information content (AvgIpc) is 2.28. The Labute approximate surface area is 98.7 Å². The fourth-order valence-electron chi connectivity index (χ4n) is 2.03. The van der Waals surface area contributed by atoms with E-state index in [-0.39, 0.29) is 6.04 Å². The Balaban J connectivity index is 2.64. The van der Waals surface area contributed by atoms with Crippen molar-refractivity contribution in [1.82, 2.24) is 15.3 Å². The quantitative estimate of drug-likeness (QED) is 0.802. The van der Waals surface area contributed by atoms with Crippen molar-refractivity contribution in [3.8, 4) is 0 Å². The van der Waals surface area contributed by atoms with Crippen LogP contribution >= 0.6 is 0 Å². The SMILES string of the molecule is CCCC(CC)NC(C)c1nccnc1C. The number of rotatable bonds is 6. The molecule has 0 spiro atoms. The van der Waals surface area contributed by atoms with Gasteiger partial charge in [-0.05, 0) is 26.7 Å². The van der Waals surface area contributed by atoms with E-state index in [4.69, 9.17) is 0 Å². The number of aromatic nitrogens is 2. The Hall–Kier alpha value is -0.960. The van der Waals surface area contributed by atoms with E-state index in [1.807, 2.05) is 6.92 Å². The first-order valence-corrected chi connectivity index (χ1v) is 6.22. The van der Waals surface area contributed by atoms with Crippen molar-refractivity contribution in [3.05, 3.63) is 23.8 Å². The molecule has 0 aromatic carbocycles. The molecule has 1 rings (SSSR count). The Bertz CT molecular complexity index is 312. The maximum absolute atomic E-state index is 4.40. The van der Waals surface area contributed by atoms with Crippen LogP contribution in [0, 0.1) is 6.92 Å². The fraction of sp³-hybridized carbons (Fsp3) is 0.692. The minimum Gasteiger partial charge on any atom is -0.306 e. The lowest BCUT2D eigenvalue weighted by Gasteiger charge is -2.22. The molecule has 1 aromatic rings. The summed E-state index contributed by atoms with van der Waals surface area (Å²) in [5.74, 6) is 0. The van der Waals surface area contributed by atoms with Gasteiger partial charge in [0.05, 0.1) is 11.4 Å². The molecule has 3 heteroatoms. The van der Waals surface area contributed by atoms with Crippen molar-refractivity contribution in [3.63, 3.8) is 0 Å². The minimum absolute atomic E-state index is 0.283. The Morgan fingerprint density at radius 3 is 2.50 bits per heavy atom. The topological polar surface area (TPSA) is 37.8 Å². The first-order valence-electron chi connectivity index (χ1n) is 6.22. The minimum atomic E-state index is 0.283. The van der Waals surface area contributed by atoms with Gasteiger partial charge in [0.15, 0.2) is 0 Å². The lowest BCUT2D eigenvalue weighted by Crippen LogP contribution is -2.31. The molecule has 1 aromatic heterocycles. The molecule has 0 aliphatic carbocycles. The van der Waals surface area contributed by atoms with Crippen LogP contribution < -0.4 is 5.32 Å². The van der Waals surface area contributed by atoms with Gasteiger partial charge in [-0.3, -0.25) is 9.97 Å². The third-order valence-electron chi connectivity index (χ3n) is 2.94. The van der Waals surface area contributed by atoms with Gasteiger partial charge in [0, 0.05) is 24.5 Å². The van der Waals surface area contributed by atoms with Gasteiger partial charge in [0.2, 0.25) is 0 Å². The monoisotopic (exact) mass is 221 g/mol. The van der Waals surface area contributed by atoms with E-state index in [2.05, 4.69) is 36.1 Å². The molecule has 1 heterocycles. The second kappa shape index (κ2) is 6.59.